The third-order valence-electron chi connectivity index (χ3n) is 4.76. The molecule has 8 nitrogen and oxygen atoms in total. The van der Waals surface area contributed by atoms with Crippen molar-refractivity contribution in [2.24, 2.45) is 7.05 Å². The van der Waals surface area contributed by atoms with Crippen LogP contribution in [0.2, 0.25) is 0 Å². The third-order valence-corrected chi connectivity index (χ3v) is 4.76. The molecule has 1 aromatic heterocycles. The average molecular weight is 423 g/mol. The van der Waals surface area contributed by atoms with E-state index in [4.69, 9.17) is 0 Å². The highest BCUT2D eigenvalue weighted by Crippen LogP contribution is 2.33. The number of halogens is 3. The maximum absolute atomic E-state index is 12.8. The van der Waals surface area contributed by atoms with E-state index in [9.17, 15) is 27.6 Å². The van der Waals surface area contributed by atoms with Gasteiger partial charge in [-0.05, 0) is 23.3 Å². The number of nitrogens with one attached hydrogen (secondary N) is 2. The molecule has 0 saturated carbocycles. The van der Waals surface area contributed by atoms with Gasteiger partial charge in [0.15, 0.2) is 0 Å². The Balaban J connectivity index is 1.43. The number of benzene rings is 1. The molecule has 0 aliphatic carbocycles. The van der Waals surface area contributed by atoms with E-state index < -0.39 is 23.7 Å². The number of alkyl halides is 3. The number of aryl methyl sites for hydroxylation is 1. The average Bonchev–Trinajstić information content (AvgIpc) is 3.29. The van der Waals surface area contributed by atoms with Gasteiger partial charge in [-0.25, -0.2) is 9.78 Å². The largest absolute Gasteiger partial charge is 0.416 e. The number of aromatic nitrogens is 2. The number of fused-ring (bicyclic) bond motifs is 1. The second-order valence-corrected chi connectivity index (χ2v) is 6.92. The van der Waals surface area contributed by atoms with Crippen LogP contribution in [0.3, 0.4) is 0 Å². The summed E-state index contributed by atoms with van der Waals surface area (Å²) in [5, 5.41) is 4.61. The summed E-state index contributed by atoms with van der Waals surface area (Å²) in [6, 6.07) is 2.69. The van der Waals surface area contributed by atoms with Crippen molar-refractivity contribution >= 4 is 17.8 Å². The highest BCUT2D eigenvalue weighted by Gasteiger charge is 2.33. The molecule has 11 heteroatoms. The molecule has 1 aliphatic rings. The van der Waals surface area contributed by atoms with Gasteiger partial charge in [-0.3, -0.25) is 14.9 Å². The summed E-state index contributed by atoms with van der Waals surface area (Å²) in [5.41, 5.74) is 0.331. The van der Waals surface area contributed by atoms with Crippen LogP contribution in [0.15, 0.2) is 30.6 Å². The monoisotopic (exact) mass is 423 g/mol. The predicted octanol–water partition coefficient (Wildman–Crippen LogP) is 2.09. The van der Waals surface area contributed by atoms with Crippen molar-refractivity contribution in [3.8, 4) is 0 Å². The molecule has 2 aromatic rings. The Labute approximate surface area is 170 Å². The first kappa shape index (κ1) is 21.3. The number of hydrogen-bond donors (Lipinski definition) is 2. The molecule has 0 spiro atoms. The number of carbonyl (C=O) groups excluding carboxylic acids is 3. The first-order chi connectivity index (χ1) is 14.1. The van der Waals surface area contributed by atoms with Gasteiger partial charge >= 0.3 is 12.2 Å². The summed E-state index contributed by atoms with van der Waals surface area (Å²) >= 11 is 0. The molecule has 30 heavy (non-hydrogen) atoms. The number of nitrogens with zero attached hydrogens (tertiary/aromatic N) is 3. The lowest BCUT2D eigenvalue weighted by Crippen LogP contribution is -2.39. The van der Waals surface area contributed by atoms with Crippen LogP contribution in [-0.4, -0.2) is 32.3 Å². The molecule has 160 valence electrons. The van der Waals surface area contributed by atoms with Crippen LogP contribution in [0.5, 0.6) is 0 Å². The van der Waals surface area contributed by atoms with Gasteiger partial charge in [0, 0.05) is 45.4 Å². The molecule has 1 aromatic carbocycles. The summed E-state index contributed by atoms with van der Waals surface area (Å²) in [6.45, 7) is 0.384. The van der Waals surface area contributed by atoms with Crippen molar-refractivity contribution < 1.29 is 27.6 Å². The van der Waals surface area contributed by atoms with E-state index >= 15 is 0 Å². The summed E-state index contributed by atoms with van der Waals surface area (Å²) < 4.78 is 40.2. The van der Waals surface area contributed by atoms with Gasteiger partial charge in [0.05, 0.1) is 12.1 Å². The molecule has 2 N–H and O–H groups in total. The molecule has 3 rings (SSSR count). The lowest BCUT2D eigenvalue weighted by Gasteiger charge is -2.15. The highest BCUT2D eigenvalue weighted by atomic mass is 19.4. The molecule has 0 bridgehead atoms. The fourth-order valence-corrected chi connectivity index (χ4v) is 3.09. The van der Waals surface area contributed by atoms with Gasteiger partial charge in [0.25, 0.3) is 0 Å². The highest BCUT2D eigenvalue weighted by molar-refractivity contribution is 5.95. The van der Waals surface area contributed by atoms with Gasteiger partial charge < -0.3 is 14.8 Å². The summed E-state index contributed by atoms with van der Waals surface area (Å²) in [7, 11) is 1.76. The second-order valence-electron chi connectivity index (χ2n) is 6.92. The predicted molar refractivity (Wildman–Crippen MR) is 98.5 cm³/mol. The Bertz CT molecular complexity index is 971. The van der Waals surface area contributed by atoms with Gasteiger partial charge in [-0.2, -0.15) is 13.2 Å². The van der Waals surface area contributed by atoms with Crippen LogP contribution in [0, 0.1) is 0 Å². The Morgan fingerprint density at radius 1 is 1.13 bits per heavy atom. The van der Waals surface area contributed by atoms with Crippen LogP contribution >= 0.6 is 0 Å². The Morgan fingerprint density at radius 3 is 2.53 bits per heavy atom. The molecule has 4 amide bonds. The normalized spacial score (nSPS) is 13.1. The van der Waals surface area contributed by atoms with Crippen molar-refractivity contribution in [1.29, 1.82) is 0 Å². The Morgan fingerprint density at radius 2 is 1.87 bits per heavy atom. The minimum absolute atomic E-state index is 0.0594. The zero-order valence-corrected chi connectivity index (χ0v) is 16.1. The summed E-state index contributed by atoms with van der Waals surface area (Å²) in [4.78, 5) is 41.4. The SMILES string of the molecule is Cn1ccnc1CNC(=O)NC(=O)CCC(=O)N1Cc2ccc(C(F)(F)F)cc2C1. The van der Waals surface area contributed by atoms with Gasteiger partial charge in [-0.1, -0.05) is 6.07 Å². The lowest BCUT2D eigenvalue weighted by molar-refractivity contribution is -0.137. The second kappa shape index (κ2) is 8.56. The lowest BCUT2D eigenvalue weighted by atomic mass is 10.1. The van der Waals surface area contributed by atoms with E-state index in [1.807, 2.05) is 0 Å². The Kier molecular flexibility index (Phi) is 6.09. The van der Waals surface area contributed by atoms with Crippen molar-refractivity contribution in [2.45, 2.75) is 38.7 Å². The Hall–Kier alpha value is -3.37. The molecular weight excluding hydrogens is 403 g/mol. The molecule has 1 aliphatic heterocycles. The van der Waals surface area contributed by atoms with E-state index in [0.29, 0.717) is 17.0 Å². The number of amides is 4. The number of hydrogen-bond acceptors (Lipinski definition) is 4. The molecule has 2 heterocycles. The maximum atomic E-state index is 12.8. The zero-order valence-electron chi connectivity index (χ0n) is 16.1. The van der Waals surface area contributed by atoms with Crippen LogP contribution in [0.1, 0.15) is 35.4 Å². The molecule has 0 saturated heterocycles. The van der Waals surface area contributed by atoms with Crippen LogP contribution in [0.25, 0.3) is 0 Å². The number of urea groups is 1. The fraction of sp³-hybridized carbons (Fsp3) is 0.368. The van der Waals surface area contributed by atoms with E-state index in [1.54, 1.807) is 24.0 Å². The zero-order chi connectivity index (χ0) is 21.9. The topological polar surface area (TPSA) is 96.3 Å². The van der Waals surface area contributed by atoms with Crippen molar-refractivity contribution in [2.75, 3.05) is 0 Å². The van der Waals surface area contributed by atoms with Crippen LogP contribution in [0.4, 0.5) is 18.0 Å². The van der Waals surface area contributed by atoms with Gasteiger partial charge in [0.2, 0.25) is 11.8 Å². The fourth-order valence-electron chi connectivity index (χ4n) is 3.09. The van der Waals surface area contributed by atoms with E-state index in [1.165, 1.54) is 11.0 Å². The molecule has 0 unspecified atom stereocenters. The molecule has 0 atom stereocenters. The molecule has 0 fully saturated rings. The smallest absolute Gasteiger partial charge is 0.337 e. The van der Waals surface area contributed by atoms with E-state index in [-0.39, 0.29) is 38.4 Å². The van der Waals surface area contributed by atoms with Crippen molar-refractivity contribution in [1.82, 2.24) is 25.1 Å². The van der Waals surface area contributed by atoms with E-state index in [2.05, 4.69) is 15.6 Å². The minimum atomic E-state index is -4.44. The number of imide groups is 1. The minimum Gasteiger partial charge on any atom is -0.337 e. The quantitative estimate of drug-likeness (QED) is 0.770. The third kappa shape index (κ3) is 5.16. The molecular formula is C19H20F3N5O3. The number of carbonyl (C=O) groups is 3. The van der Waals surface area contributed by atoms with Crippen LogP contribution in [-0.2, 0) is 42.4 Å². The first-order valence-electron chi connectivity index (χ1n) is 9.14. The van der Waals surface area contributed by atoms with E-state index in [0.717, 1.165) is 12.1 Å². The van der Waals surface area contributed by atoms with Crippen molar-refractivity contribution in [3.63, 3.8) is 0 Å². The number of imidazole rings is 1. The maximum Gasteiger partial charge on any atom is 0.416 e. The summed E-state index contributed by atoms with van der Waals surface area (Å²) in [5.74, 6) is -0.393. The van der Waals surface area contributed by atoms with Gasteiger partial charge in [-0.15, -0.1) is 0 Å². The summed E-state index contributed by atoms with van der Waals surface area (Å²) in [6.07, 6.45) is -1.52. The van der Waals surface area contributed by atoms with Crippen molar-refractivity contribution in [3.05, 3.63) is 53.1 Å². The van der Waals surface area contributed by atoms with Gasteiger partial charge in [0.1, 0.15) is 5.82 Å². The number of rotatable bonds is 5. The standard InChI is InChI=1S/C19H20F3N5O3/c1-26-7-6-23-15(26)9-24-18(30)25-16(28)4-5-17(29)27-10-12-2-3-14(19(20,21)22)8-13(12)11-27/h2-3,6-8H,4-5,9-11H2,1H3,(H2,24,25,28,30). The molecule has 0 radical (unpaired) electrons. The van der Waals surface area contributed by atoms with Crippen LogP contribution < -0.4 is 10.6 Å². The first-order valence-corrected chi connectivity index (χ1v) is 9.14.